The molecule has 0 fully saturated rings. The van der Waals surface area contributed by atoms with Crippen molar-refractivity contribution < 1.29 is 9.63 Å². The summed E-state index contributed by atoms with van der Waals surface area (Å²) in [5.41, 5.74) is 8.86. The predicted octanol–water partition coefficient (Wildman–Crippen LogP) is 2.92. The lowest BCUT2D eigenvalue weighted by molar-refractivity contribution is 0.423. The number of aryl methyl sites for hydroxylation is 1. The zero-order valence-corrected chi connectivity index (χ0v) is 11.6. The van der Waals surface area contributed by atoms with Gasteiger partial charge in [0.2, 0.25) is 0 Å². The molecule has 0 saturated carbocycles. The van der Waals surface area contributed by atoms with Crippen LogP contribution in [0.1, 0.15) is 17.0 Å². The number of nitrogen functional groups attached to an aromatic ring is 1. The molecule has 0 spiro atoms. The van der Waals surface area contributed by atoms with Crippen LogP contribution in [-0.2, 0) is 6.42 Å². The molecule has 0 amide bonds. The number of rotatable bonds is 3. The lowest BCUT2D eigenvalue weighted by atomic mass is 10.1. The maximum Gasteiger partial charge on any atom is 0.258 e. The topological polar surface area (TPSA) is 85.2 Å². The fraction of sp³-hybridized carbons (Fsp3) is 0.125. The predicted molar refractivity (Wildman–Crippen MR) is 79.8 cm³/mol. The number of anilines is 1. The number of phenols is 1. The third kappa shape index (κ3) is 2.86. The number of phenolic OH excluding ortho intramolecular Hbond substituents is 1. The summed E-state index contributed by atoms with van der Waals surface area (Å²) >= 11 is 0. The van der Waals surface area contributed by atoms with Crippen LogP contribution in [-0.4, -0.2) is 15.2 Å². The number of nitrogens with two attached hydrogens (primary N) is 1. The minimum absolute atomic E-state index is 0.00536. The normalized spacial score (nSPS) is 10.7. The van der Waals surface area contributed by atoms with Crippen molar-refractivity contribution in [3.8, 4) is 17.2 Å². The van der Waals surface area contributed by atoms with E-state index in [2.05, 4.69) is 10.1 Å². The van der Waals surface area contributed by atoms with Gasteiger partial charge in [0.05, 0.1) is 5.69 Å². The van der Waals surface area contributed by atoms with E-state index in [0.29, 0.717) is 29.4 Å². The van der Waals surface area contributed by atoms with Crippen LogP contribution in [0.3, 0.4) is 0 Å². The summed E-state index contributed by atoms with van der Waals surface area (Å²) in [5.74, 6) is 0.975. The molecule has 1 aromatic heterocycles. The largest absolute Gasteiger partial charge is 0.506 e. The number of benzene rings is 2. The molecular weight excluding hydrogens is 266 g/mol. The first-order valence-electron chi connectivity index (χ1n) is 6.59. The molecule has 5 nitrogen and oxygen atoms in total. The Morgan fingerprint density at radius 2 is 1.90 bits per heavy atom. The minimum atomic E-state index is 0.00536. The monoisotopic (exact) mass is 281 g/mol. The fourth-order valence-electron chi connectivity index (χ4n) is 2.01. The first-order chi connectivity index (χ1) is 10.1. The molecule has 3 aromatic rings. The zero-order chi connectivity index (χ0) is 14.8. The lowest BCUT2D eigenvalue weighted by Crippen LogP contribution is -1.91. The second kappa shape index (κ2) is 5.28. The fourth-order valence-corrected chi connectivity index (χ4v) is 2.01. The van der Waals surface area contributed by atoms with E-state index in [1.165, 1.54) is 11.6 Å². The third-order valence-corrected chi connectivity index (χ3v) is 3.23. The summed E-state index contributed by atoms with van der Waals surface area (Å²) in [6.45, 7) is 2.05. The number of hydrogen-bond donors (Lipinski definition) is 2. The Morgan fingerprint density at radius 3 is 2.62 bits per heavy atom. The Morgan fingerprint density at radius 1 is 1.14 bits per heavy atom. The van der Waals surface area contributed by atoms with Gasteiger partial charge >= 0.3 is 0 Å². The Hall–Kier alpha value is -2.82. The summed E-state index contributed by atoms with van der Waals surface area (Å²) in [5, 5.41) is 13.6. The van der Waals surface area contributed by atoms with E-state index in [4.69, 9.17) is 10.3 Å². The van der Waals surface area contributed by atoms with E-state index < -0.39 is 0 Å². The van der Waals surface area contributed by atoms with Crippen LogP contribution in [0.15, 0.2) is 47.0 Å². The molecule has 0 aliphatic heterocycles. The molecule has 106 valence electrons. The smallest absolute Gasteiger partial charge is 0.258 e. The van der Waals surface area contributed by atoms with Crippen LogP contribution in [0.4, 0.5) is 5.69 Å². The molecule has 0 radical (unpaired) electrons. The van der Waals surface area contributed by atoms with Gasteiger partial charge < -0.3 is 15.4 Å². The molecule has 0 aliphatic carbocycles. The summed E-state index contributed by atoms with van der Waals surface area (Å²) in [7, 11) is 0. The molecule has 5 heteroatoms. The number of aromatic nitrogens is 2. The molecule has 1 heterocycles. The number of nitrogens with zero attached hydrogens (tertiary/aromatic N) is 2. The molecule has 0 atom stereocenters. The average molecular weight is 281 g/mol. The Kier molecular flexibility index (Phi) is 3.31. The van der Waals surface area contributed by atoms with Gasteiger partial charge in [0.1, 0.15) is 5.75 Å². The van der Waals surface area contributed by atoms with E-state index >= 15 is 0 Å². The van der Waals surface area contributed by atoms with Crippen molar-refractivity contribution >= 4 is 5.69 Å². The molecule has 21 heavy (non-hydrogen) atoms. The molecule has 0 bridgehead atoms. The highest BCUT2D eigenvalue weighted by Gasteiger charge is 2.11. The summed E-state index contributed by atoms with van der Waals surface area (Å²) in [4.78, 5) is 4.34. The van der Waals surface area contributed by atoms with Gasteiger partial charge in [-0.25, -0.2) is 0 Å². The van der Waals surface area contributed by atoms with Crippen LogP contribution < -0.4 is 5.73 Å². The second-order valence-corrected chi connectivity index (χ2v) is 4.95. The van der Waals surface area contributed by atoms with Gasteiger partial charge in [-0.15, -0.1) is 0 Å². The Labute approximate surface area is 122 Å². The van der Waals surface area contributed by atoms with Crippen molar-refractivity contribution in [2.75, 3.05) is 5.73 Å². The molecular formula is C16H15N3O2. The highest BCUT2D eigenvalue weighted by Crippen LogP contribution is 2.27. The van der Waals surface area contributed by atoms with E-state index in [1.807, 2.05) is 31.2 Å². The SMILES string of the molecule is Cc1ccc(Cc2noc(-c3ccc(N)c(O)c3)n2)cc1. The van der Waals surface area contributed by atoms with Crippen molar-refractivity contribution in [3.63, 3.8) is 0 Å². The van der Waals surface area contributed by atoms with Crippen molar-refractivity contribution in [2.24, 2.45) is 0 Å². The molecule has 3 N–H and O–H groups in total. The molecule has 0 unspecified atom stereocenters. The van der Waals surface area contributed by atoms with E-state index in [1.54, 1.807) is 12.1 Å². The van der Waals surface area contributed by atoms with Crippen LogP contribution in [0, 0.1) is 6.92 Å². The van der Waals surface area contributed by atoms with Gasteiger partial charge in [-0.05, 0) is 30.7 Å². The van der Waals surface area contributed by atoms with Gasteiger partial charge in [-0.1, -0.05) is 35.0 Å². The second-order valence-electron chi connectivity index (χ2n) is 4.95. The molecule has 0 aliphatic rings. The first-order valence-corrected chi connectivity index (χ1v) is 6.59. The highest BCUT2D eigenvalue weighted by molar-refractivity contribution is 5.63. The minimum Gasteiger partial charge on any atom is -0.506 e. The van der Waals surface area contributed by atoms with Crippen molar-refractivity contribution in [2.45, 2.75) is 13.3 Å². The summed E-state index contributed by atoms with van der Waals surface area (Å²) < 4.78 is 5.23. The standard InChI is InChI=1S/C16H15N3O2/c1-10-2-4-11(5-3-10)8-15-18-16(21-19-15)12-6-7-13(17)14(20)9-12/h2-7,9,20H,8,17H2,1H3. The maximum absolute atomic E-state index is 9.61. The van der Waals surface area contributed by atoms with Gasteiger partial charge in [-0.2, -0.15) is 4.98 Å². The van der Waals surface area contributed by atoms with Crippen molar-refractivity contribution in [1.29, 1.82) is 0 Å². The third-order valence-electron chi connectivity index (χ3n) is 3.23. The van der Waals surface area contributed by atoms with Crippen LogP contribution >= 0.6 is 0 Å². The van der Waals surface area contributed by atoms with E-state index in [0.717, 1.165) is 5.56 Å². The van der Waals surface area contributed by atoms with Crippen molar-refractivity contribution in [3.05, 3.63) is 59.4 Å². The van der Waals surface area contributed by atoms with Crippen LogP contribution in [0.5, 0.6) is 5.75 Å². The number of hydrogen-bond acceptors (Lipinski definition) is 5. The molecule has 0 saturated heterocycles. The van der Waals surface area contributed by atoms with Gasteiger partial charge in [-0.3, -0.25) is 0 Å². The van der Waals surface area contributed by atoms with Crippen molar-refractivity contribution in [1.82, 2.24) is 10.1 Å². The molecule has 2 aromatic carbocycles. The summed E-state index contributed by atoms with van der Waals surface area (Å²) in [6.07, 6.45) is 0.602. The van der Waals surface area contributed by atoms with Gasteiger partial charge in [0.15, 0.2) is 5.82 Å². The molecule has 3 rings (SSSR count). The zero-order valence-electron chi connectivity index (χ0n) is 11.6. The lowest BCUT2D eigenvalue weighted by Gasteiger charge is -1.99. The van der Waals surface area contributed by atoms with Crippen LogP contribution in [0.25, 0.3) is 11.5 Å². The van der Waals surface area contributed by atoms with Gasteiger partial charge in [0, 0.05) is 12.0 Å². The van der Waals surface area contributed by atoms with E-state index in [-0.39, 0.29) is 5.75 Å². The maximum atomic E-state index is 9.61. The quantitative estimate of drug-likeness (QED) is 0.569. The van der Waals surface area contributed by atoms with Crippen LogP contribution in [0.2, 0.25) is 0 Å². The average Bonchev–Trinajstić information content (AvgIpc) is 2.93. The highest BCUT2D eigenvalue weighted by atomic mass is 16.5. The summed E-state index contributed by atoms with van der Waals surface area (Å²) in [6, 6.07) is 13.0. The van der Waals surface area contributed by atoms with E-state index in [9.17, 15) is 5.11 Å². The Bertz CT molecular complexity index is 763. The Balaban J connectivity index is 1.82. The first kappa shape index (κ1) is 13.2. The van der Waals surface area contributed by atoms with Gasteiger partial charge in [0.25, 0.3) is 5.89 Å². The number of aromatic hydroxyl groups is 1.